The number of allylic oxidation sites excluding steroid dienone is 2. The molecule has 1 aliphatic rings. The average Bonchev–Trinajstić information content (AvgIpc) is 3.23. The van der Waals surface area contributed by atoms with Crippen LogP contribution in [-0.4, -0.2) is 56.6 Å². The van der Waals surface area contributed by atoms with Crippen molar-refractivity contribution in [3.05, 3.63) is 46.2 Å². The smallest absolute Gasteiger partial charge is 0.0771 e. The first-order valence-corrected chi connectivity index (χ1v) is 11.4. The van der Waals surface area contributed by atoms with E-state index in [1.54, 1.807) is 17.4 Å². The van der Waals surface area contributed by atoms with Gasteiger partial charge in [0.1, 0.15) is 0 Å². The van der Waals surface area contributed by atoms with Crippen LogP contribution in [0.1, 0.15) is 48.3 Å². The summed E-state index contributed by atoms with van der Waals surface area (Å²) in [5.41, 5.74) is 0. The number of rotatable bonds is 12. The summed E-state index contributed by atoms with van der Waals surface area (Å²) in [4.78, 5) is 2.54. The van der Waals surface area contributed by atoms with Crippen molar-refractivity contribution in [2.45, 2.75) is 76.3 Å². The van der Waals surface area contributed by atoms with Gasteiger partial charge in [-0.05, 0) is 63.5 Å². The first-order valence-electron chi connectivity index (χ1n) is 10.6. The summed E-state index contributed by atoms with van der Waals surface area (Å²) in [7, 11) is 0. The summed E-state index contributed by atoms with van der Waals surface area (Å²) in [6.07, 6.45) is 10.0. The lowest BCUT2D eigenvalue weighted by Gasteiger charge is -2.19. The molecule has 0 amide bonds. The van der Waals surface area contributed by atoms with Crippen LogP contribution in [0.5, 0.6) is 0 Å². The normalized spacial score (nSPS) is 27.2. The van der Waals surface area contributed by atoms with Crippen molar-refractivity contribution in [1.29, 1.82) is 0 Å². The molecule has 1 unspecified atom stereocenters. The largest absolute Gasteiger partial charge is 0.394 e. The van der Waals surface area contributed by atoms with E-state index in [-0.39, 0.29) is 18.4 Å². The standard InChI is InChI=1S/C23H36O5S/c1-16-8-11-19(29-16)12-9-17(25)10-13-21-20(22(27)14-23(21)28)7-5-3-2-4-6-18(26)15-24/h3,5,8,10-11,13,17-18,20-28H,2,4,6-7,9,12,14-15H2,1H3/b5-3-,13-10?/t17-,18?,20+,21+,22-,23+/m0/s1. The van der Waals surface area contributed by atoms with Crippen LogP contribution in [0.3, 0.4) is 0 Å². The predicted molar refractivity (Wildman–Crippen MR) is 117 cm³/mol. The fraction of sp³-hybridized carbons (Fsp3) is 0.652. The highest BCUT2D eigenvalue weighted by molar-refractivity contribution is 7.11. The summed E-state index contributed by atoms with van der Waals surface area (Å²) in [6.45, 7) is 1.87. The van der Waals surface area contributed by atoms with Crippen LogP contribution in [0.4, 0.5) is 0 Å². The average molecular weight is 425 g/mol. The Balaban J connectivity index is 1.79. The van der Waals surface area contributed by atoms with E-state index in [1.165, 1.54) is 9.75 Å². The predicted octanol–water partition coefficient (Wildman–Crippen LogP) is 2.73. The molecule has 5 N–H and O–H groups in total. The van der Waals surface area contributed by atoms with Crippen molar-refractivity contribution in [2.75, 3.05) is 6.61 Å². The molecule has 0 spiro atoms. The van der Waals surface area contributed by atoms with Gasteiger partial charge in [-0.2, -0.15) is 0 Å². The van der Waals surface area contributed by atoms with Crippen molar-refractivity contribution in [1.82, 2.24) is 0 Å². The summed E-state index contributed by atoms with van der Waals surface area (Å²) < 4.78 is 0. The summed E-state index contributed by atoms with van der Waals surface area (Å²) in [6, 6.07) is 4.19. The number of aliphatic hydroxyl groups is 5. The summed E-state index contributed by atoms with van der Waals surface area (Å²) in [5.74, 6) is -0.225. The molecular weight excluding hydrogens is 388 g/mol. The van der Waals surface area contributed by atoms with Gasteiger partial charge < -0.3 is 25.5 Å². The molecule has 1 aromatic heterocycles. The Bertz CT molecular complexity index is 641. The van der Waals surface area contributed by atoms with Gasteiger partial charge in [0.15, 0.2) is 0 Å². The van der Waals surface area contributed by atoms with Gasteiger partial charge >= 0.3 is 0 Å². The van der Waals surface area contributed by atoms with Crippen molar-refractivity contribution in [3.8, 4) is 0 Å². The minimum Gasteiger partial charge on any atom is -0.394 e. The first-order chi connectivity index (χ1) is 13.9. The molecular formula is C23H36O5S. The second kappa shape index (κ2) is 12.6. The van der Waals surface area contributed by atoms with Gasteiger partial charge in [-0.3, -0.25) is 0 Å². The van der Waals surface area contributed by atoms with Crippen molar-refractivity contribution < 1.29 is 25.5 Å². The van der Waals surface area contributed by atoms with Crippen LogP contribution in [0, 0.1) is 18.8 Å². The number of hydrogen-bond donors (Lipinski definition) is 5. The highest BCUT2D eigenvalue weighted by Crippen LogP contribution is 2.36. The second-order valence-corrected chi connectivity index (χ2v) is 9.46. The van der Waals surface area contributed by atoms with Crippen molar-refractivity contribution in [2.24, 2.45) is 11.8 Å². The van der Waals surface area contributed by atoms with Crippen LogP contribution < -0.4 is 0 Å². The molecule has 164 valence electrons. The van der Waals surface area contributed by atoms with Crippen LogP contribution in [-0.2, 0) is 6.42 Å². The van der Waals surface area contributed by atoms with Gasteiger partial charge in [-0.15, -0.1) is 11.3 Å². The fourth-order valence-electron chi connectivity index (χ4n) is 3.90. The Morgan fingerprint density at radius 3 is 2.62 bits per heavy atom. The van der Waals surface area contributed by atoms with Crippen molar-refractivity contribution in [3.63, 3.8) is 0 Å². The first kappa shape index (κ1) is 24.3. The van der Waals surface area contributed by atoms with Crippen molar-refractivity contribution >= 4 is 11.3 Å². The van der Waals surface area contributed by atoms with Gasteiger partial charge in [0.25, 0.3) is 0 Å². The third kappa shape index (κ3) is 8.32. The molecule has 1 saturated carbocycles. The Morgan fingerprint density at radius 1 is 1.14 bits per heavy atom. The maximum Gasteiger partial charge on any atom is 0.0771 e. The van der Waals surface area contributed by atoms with Crippen LogP contribution >= 0.6 is 11.3 Å². The molecule has 1 heterocycles. The van der Waals surface area contributed by atoms with E-state index in [0.29, 0.717) is 25.7 Å². The van der Waals surface area contributed by atoms with Crippen LogP contribution in [0.2, 0.25) is 0 Å². The molecule has 0 radical (unpaired) electrons. The number of thiophene rings is 1. The molecule has 0 aliphatic heterocycles. The minimum atomic E-state index is -0.653. The molecule has 1 fully saturated rings. The molecule has 2 rings (SSSR count). The van der Waals surface area contributed by atoms with E-state index >= 15 is 0 Å². The van der Waals surface area contributed by atoms with Gasteiger partial charge in [0.05, 0.1) is 31.0 Å². The van der Waals surface area contributed by atoms with E-state index in [0.717, 1.165) is 19.3 Å². The zero-order valence-electron chi connectivity index (χ0n) is 17.2. The summed E-state index contributed by atoms with van der Waals surface area (Å²) in [5, 5.41) is 49.0. The Hall–Kier alpha value is -1.02. The fourth-order valence-corrected chi connectivity index (χ4v) is 4.81. The Morgan fingerprint density at radius 2 is 1.93 bits per heavy atom. The highest BCUT2D eigenvalue weighted by Gasteiger charge is 2.39. The van der Waals surface area contributed by atoms with Gasteiger partial charge in [-0.25, -0.2) is 0 Å². The number of aliphatic hydroxyl groups excluding tert-OH is 5. The summed E-state index contributed by atoms with van der Waals surface area (Å²) >= 11 is 1.75. The molecule has 0 bridgehead atoms. The zero-order valence-corrected chi connectivity index (χ0v) is 18.0. The lowest BCUT2D eigenvalue weighted by molar-refractivity contribution is 0.0868. The van der Waals surface area contributed by atoms with Gasteiger partial charge in [-0.1, -0.05) is 24.3 Å². The third-order valence-corrected chi connectivity index (χ3v) is 6.71. The van der Waals surface area contributed by atoms with E-state index in [9.17, 15) is 20.4 Å². The maximum absolute atomic E-state index is 10.3. The molecule has 6 atom stereocenters. The topological polar surface area (TPSA) is 101 Å². The Labute approximate surface area is 178 Å². The molecule has 29 heavy (non-hydrogen) atoms. The molecule has 5 nitrogen and oxygen atoms in total. The lowest BCUT2D eigenvalue weighted by Crippen LogP contribution is -2.20. The van der Waals surface area contributed by atoms with Gasteiger partial charge in [0.2, 0.25) is 0 Å². The van der Waals surface area contributed by atoms with Crippen LogP contribution in [0.25, 0.3) is 0 Å². The van der Waals surface area contributed by atoms with Gasteiger partial charge in [0, 0.05) is 22.1 Å². The SMILES string of the molecule is Cc1ccc(CC[C@H](O)C=C[C@@H]2[C@@H](C/C=C\CCCC(O)CO)[C@@H](O)C[C@H]2O)s1. The quantitative estimate of drug-likeness (QED) is 0.262. The molecule has 0 saturated heterocycles. The van der Waals surface area contributed by atoms with Crippen LogP contribution in [0.15, 0.2) is 36.4 Å². The third-order valence-electron chi connectivity index (χ3n) is 5.65. The number of aryl methyl sites for hydroxylation is 2. The van der Waals surface area contributed by atoms with E-state index in [1.807, 2.05) is 18.2 Å². The molecule has 1 aliphatic carbocycles. The van der Waals surface area contributed by atoms with E-state index in [2.05, 4.69) is 19.1 Å². The zero-order chi connectivity index (χ0) is 21.2. The monoisotopic (exact) mass is 424 g/mol. The minimum absolute atomic E-state index is 0.0623. The molecule has 0 aromatic carbocycles. The molecule has 1 aromatic rings. The van der Waals surface area contributed by atoms with E-state index < -0.39 is 24.4 Å². The lowest BCUT2D eigenvalue weighted by atomic mass is 9.89. The second-order valence-electron chi connectivity index (χ2n) is 8.09. The highest BCUT2D eigenvalue weighted by atomic mass is 32.1. The number of unbranched alkanes of at least 4 members (excludes halogenated alkanes) is 1. The van der Waals surface area contributed by atoms with E-state index in [4.69, 9.17) is 5.11 Å². The molecule has 6 heteroatoms. The maximum atomic E-state index is 10.3. The number of hydrogen-bond acceptors (Lipinski definition) is 6. The Kier molecular flexibility index (Phi) is 10.6.